The van der Waals surface area contributed by atoms with E-state index in [1.807, 2.05) is 0 Å². The normalized spacial score (nSPS) is 17.3. The van der Waals surface area contributed by atoms with E-state index >= 15 is 0 Å². The molecule has 6 nitrogen and oxygen atoms in total. The lowest BCUT2D eigenvalue weighted by Crippen LogP contribution is -2.35. The van der Waals surface area contributed by atoms with Crippen LogP contribution in [0.25, 0.3) is 0 Å². The summed E-state index contributed by atoms with van der Waals surface area (Å²) < 4.78 is 25.1. The molecule has 0 bridgehead atoms. The number of carbonyl (C=O) groups is 1. The summed E-state index contributed by atoms with van der Waals surface area (Å²) in [5.41, 5.74) is 0. The van der Waals surface area contributed by atoms with Gasteiger partial charge in [-0.3, -0.25) is 4.79 Å². The number of sulfonamides is 1. The van der Waals surface area contributed by atoms with Gasteiger partial charge in [0, 0.05) is 18.3 Å². The van der Waals surface area contributed by atoms with Crippen molar-refractivity contribution in [3.05, 3.63) is 0 Å². The van der Waals surface area contributed by atoms with E-state index in [9.17, 15) is 13.2 Å². The molecular weight excluding hydrogens is 286 g/mol. The third-order valence-corrected chi connectivity index (χ3v) is 5.64. The van der Waals surface area contributed by atoms with Crippen molar-refractivity contribution in [2.24, 2.45) is 0 Å². The quantitative estimate of drug-likeness (QED) is 0.564. The highest BCUT2D eigenvalue weighted by Gasteiger charge is 2.15. The third-order valence-electron chi connectivity index (χ3n) is 2.79. The second-order valence-corrected chi connectivity index (χ2v) is 7.64. The van der Waals surface area contributed by atoms with Crippen LogP contribution >= 0.6 is 11.8 Å². The summed E-state index contributed by atoms with van der Waals surface area (Å²) in [6, 6.07) is 0. The van der Waals surface area contributed by atoms with Crippen molar-refractivity contribution < 1.29 is 13.2 Å². The number of amides is 1. The van der Waals surface area contributed by atoms with Gasteiger partial charge in [0.1, 0.15) is 0 Å². The second-order valence-electron chi connectivity index (χ2n) is 4.43. The first-order valence-electron chi connectivity index (χ1n) is 6.60. The molecule has 1 heterocycles. The Morgan fingerprint density at radius 2 is 2.05 bits per heavy atom. The number of rotatable bonds is 8. The Hall–Kier alpha value is -0.310. The molecule has 0 saturated carbocycles. The zero-order valence-corrected chi connectivity index (χ0v) is 12.9. The maximum Gasteiger partial charge on any atom is 0.230 e. The van der Waals surface area contributed by atoms with Gasteiger partial charge in [0.05, 0.1) is 11.5 Å². The first-order chi connectivity index (χ1) is 9.03. The van der Waals surface area contributed by atoms with Gasteiger partial charge in [-0.05, 0) is 25.9 Å². The zero-order chi connectivity index (χ0) is 14.1. The van der Waals surface area contributed by atoms with E-state index < -0.39 is 10.0 Å². The standard InChI is InChI=1S/C11H23N3O3S2/c1-2-14-19(16,17)8-7-13-11(15)9-18-10-3-5-12-6-4-10/h10,12,14H,2-9H2,1H3,(H,13,15). The molecule has 0 aliphatic carbocycles. The first-order valence-corrected chi connectivity index (χ1v) is 9.30. The van der Waals surface area contributed by atoms with E-state index in [1.54, 1.807) is 18.7 Å². The monoisotopic (exact) mass is 309 g/mol. The van der Waals surface area contributed by atoms with Gasteiger partial charge in [-0.15, -0.1) is 11.8 Å². The van der Waals surface area contributed by atoms with Gasteiger partial charge >= 0.3 is 0 Å². The molecule has 0 radical (unpaired) electrons. The smallest absolute Gasteiger partial charge is 0.230 e. The van der Waals surface area contributed by atoms with Crippen LogP contribution in [0.15, 0.2) is 0 Å². The number of hydrogen-bond donors (Lipinski definition) is 3. The summed E-state index contributed by atoms with van der Waals surface area (Å²) in [5, 5.41) is 6.46. The zero-order valence-electron chi connectivity index (χ0n) is 11.3. The van der Waals surface area contributed by atoms with Crippen LogP contribution in [0.3, 0.4) is 0 Å². The minimum Gasteiger partial charge on any atom is -0.354 e. The molecule has 0 aromatic rings. The fourth-order valence-corrected chi connectivity index (χ4v) is 3.84. The summed E-state index contributed by atoms with van der Waals surface area (Å²) in [6.45, 7) is 4.30. The Balaban J connectivity index is 2.10. The van der Waals surface area contributed by atoms with Crippen LogP contribution in [-0.4, -0.2) is 57.3 Å². The molecule has 0 spiro atoms. The van der Waals surface area contributed by atoms with E-state index in [1.165, 1.54) is 0 Å². The number of carbonyl (C=O) groups excluding carboxylic acids is 1. The Kier molecular flexibility index (Phi) is 7.74. The van der Waals surface area contributed by atoms with E-state index in [0.717, 1.165) is 25.9 Å². The highest BCUT2D eigenvalue weighted by molar-refractivity contribution is 8.00. The average molecular weight is 309 g/mol. The summed E-state index contributed by atoms with van der Waals surface area (Å²) in [4.78, 5) is 11.6. The average Bonchev–Trinajstić information content (AvgIpc) is 2.37. The number of hydrogen-bond acceptors (Lipinski definition) is 5. The predicted octanol–water partition coefficient (Wildman–Crippen LogP) is -0.473. The molecule has 1 saturated heterocycles. The highest BCUT2D eigenvalue weighted by Crippen LogP contribution is 2.19. The predicted molar refractivity (Wildman–Crippen MR) is 78.8 cm³/mol. The number of thioether (sulfide) groups is 1. The summed E-state index contributed by atoms with van der Waals surface area (Å²) in [5.74, 6) is 0.256. The second kappa shape index (κ2) is 8.78. The minimum atomic E-state index is -3.24. The lowest BCUT2D eigenvalue weighted by molar-refractivity contribution is -0.118. The van der Waals surface area contributed by atoms with E-state index in [2.05, 4.69) is 15.4 Å². The van der Waals surface area contributed by atoms with Crippen LogP contribution in [-0.2, 0) is 14.8 Å². The molecule has 8 heteroatoms. The fourth-order valence-electron chi connectivity index (χ4n) is 1.82. The van der Waals surface area contributed by atoms with Gasteiger partial charge in [0.15, 0.2) is 0 Å². The van der Waals surface area contributed by atoms with Crippen molar-refractivity contribution >= 4 is 27.7 Å². The van der Waals surface area contributed by atoms with Crippen LogP contribution in [0.4, 0.5) is 0 Å². The lowest BCUT2D eigenvalue weighted by atomic mass is 10.2. The molecule has 1 aliphatic heterocycles. The molecule has 0 atom stereocenters. The van der Waals surface area contributed by atoms with Gasteiger partial charge in [-0.25, -0.2) is 13.1 Å². The summed E-state index contributed by atoms with van der Waals surface area (Å²) in [7, 11) is -3.24. The molecule has 1 amide bonds. The van der Waals surface area contributed by atoms with E-state index in [0.29, 0.717) is 17.5 Å². The van der Waals surface area contributed by atoms with Crippen LogP contribution < -0.4 is 15.4 Å². The molecule has 1 fully saturated rings. The van der Waals surface area contributed by atoms with Crippen LogP contribution in [0.2, 0.25) is 0 Å². The SMILES string of the molecule is CCNS(=O)(=O)CCNC(=O)CSC1CCNCC1. The number of nitrogens with one attached hydrogen (secondary N) is 3. The van der Waals surface area contributed by atoms with Gasteiger partial charge in [-0.2, -0.15) is 0 Å². The Morgan fingerprint density at radius 3 is 2.68 bits per heavy atom. The van der Waals surface area contributed by atoms with E-state index in [4.69, 9.17) is 0 Å². The minimum absolute atomic E-state index is 0.0649. The molecule has 1 rings (SSSR count). The van der Waals surface area contributed by atoms with E-state index in [-0.39, 0.29) is 18.2 Å². The molecule has 0 unspecified atom stereocenters. The molecule has 0 aromatic heterocycles. The van der Waals surface area contributed by atoms with Crippen molar-refractivity contribution in [2.45, 2.75) is 25.0 Å². The molecule has 112 valence electrons. The number of piperidine rings is 1. The fraction of sp³-hybridized carbons (Fsp3) is 0.909. The molecule has 0 aromatic carbocycles. The third kappa shape index (κ3) is 7.76. The Morgan fingerprint density at radius 1 is 1.37 bits per heavy atom. The van der Waals surface area contributed by atoms with Gasteiger partial charge in [-0.1, -0.05) is 6.92 Å². The largest absolute Gasteiger partial charge is 0.354 e. The van der Waals surface area contributed by atoms with Crippen LogP contribution in [0.1, 0.15) is 19.8 Å². The van der Waals surface area contributed by atoms with Gasteiger partial charge in [0.25, 0.3) is 0 Å². The van der Waals surface area contributed by atoms with Crippen molar-refractivity contribution in [1.82, 2.24) is 15.4 Å². The molecular formula is C11H23N3O3S2. The van der Waals surface area contributed by atoms with Crippen LogP contribution in [0.5, 0.6) is 0 Å². The highest BCUT2D eigenvalue weighted by atomic mass is 32.2. The van der Waals surface area contributed by atoms with Crippen molar-refractivity contribution in [3.63, 3.8) is 0 Å². The summed E-state index contributed by atoms with van der Waals surface area (Å²) in [6.07, 6.45) is 2.18. The molecule has 1 aliphatic rings. The van der Waals surface area contributed by atoms with Gasteiger partial charge in [0.2, 0.25) is 15.9 Å². The lowest BCUT2D eigenvalue weighted by Gasteiger charge is -2.21. The van der Waals surface area contributed by atoms with Crippen LogP contribution in [0, 0.1) is 0 Å². The Bertz CT molecular complexity index is 367. The molecule has 19 heavy (non-hydrogen) atoms. The van der Waals surface area contributed by atoms with Crippen molar-refractivity contribution in [3.8, 4) is 0 Å². The van der Waals surface area contributed by atoms with Gasteiger partial charge < -0.3 is 10.6 Å². The summed E-state index contributed by atoms with van der Waals surface area (Å²) >= 11 is 1.66. The first kappa shape index (κ1) is 16.7. The maximum atomic E-state index is 11.6. The Labute approximate surface area is 119 Å². The van der Waals surface area contributed by atoms with Crippen molar-refractivity contribution in [2.75, 3.05) is 37.7 Å². The topological polar surface area (TPSA) is 87.3 Å². The van der Waals surface area contributed by atoms with Crippen molar-refractivity contribution in [1.29, 1.82) is 0 Å². The maximum absolute atomic E-state index is 11.6. The molecule has 3 N–H and O–H groups in total.